The van der Waals surface area contributed by atoms with Crippen LogP contribution in [0, 0.1) is 5.82 Å². The van der Waals surface area contributed by atoms with E-state index in [0.717, 1.165) is 80.5 Å². The fourth-order valence-electron chi connectivity index (χ4n) is 5.97. The first-order valence-electron chi connectivity index (χ1n) is 14.9. The van der Waals surface area contributed by atoms with E-state index in [-0.39, 0.29) is 28.6 Å². The third-order valence-electron chi connectivity index (χ3n) is 8.13. The number of carboxylic acid groups (broad SMARTS) is 1. The van der Waals surface area contributed by atoms with Crippen molar-refractivity contribution in [1.29, 1.82) is 0 Å². The SMILES string of the molecule is O=C(O)Cc1cc(F)ccc1NC(=O)c1ccc(N2CCCCC2)c(NC(=O)c2nn(C[C@H]3CCCO3)c3ccccc23)c1. The molecule has 44 heavy (non-hydrogen) atoms. The van der Waals surface area contributed by atoms with Gasteiger partial charge in [0.2, 0.25) is 0 Å². The summed E-state index contributed by atoms with van der Waals surface area (Å²) in [6.45, 7) is 2.92. The molecule has 11 heteroatoms. The lowest BCUT2D eigenvalue weighted by atomic mass is 10.1. The number of rotatable bonds is 9. The largest absolute Gasteiger partial charge is 0.481 e. The molecule has 0 bridgehead atoms. The summed E-state index contributed by atoms with van der Waals surface area (Å²) in [5.74, 6) is -2.66. The van der Waals surface area contributed by atoms with E-state index in [4.69, 9.17) is 9.84 Å². The lowest BCUT2D eigenvalue weighted by Crippen LogP contribution is -2.30. The average molecular weight is 600 g/mol. The van der Waals surface area contributed by atoms with E-state index in [1.165, 1.54) is 6.07 Å². The number of aromatic nitrogens is 2. The van der Waals surface area contributed by atoms with E-state index < -0.39 is 30.0 Å². The van der Waals surface area contributed by atoms with Crippen molar-refractivity contribution in [3.63, 3.8) is 0 Å². The van der Waals surface area contributed by atoms with Crippen molar-refractivity contribution in [3.05, 3.63) is 83.3 Å². The van der Waals surface area contributed by atoms with Crippen LogP contribution < -0.4 is 15.5 Å². The number of halogens is 1. The topological polar surface area (TPSA) is 126 Å². The Kier molecular flexibility index (Phi) is 8.56. The Balaban J connectivity index is 1.31. The van der Waals surface area contributed by atoms with E-state index in [1.54, 1.807) is 12.1 Å². The smallest absolute Gasteiger partial charge is 0.307 e. The summed E-state index contributed by atoms with van der Waals surface area (Å²) in [6.07, 6.45) is 4.71. The summed E-state index contributed by atoms with van der Waals surface area (Å²) in [7, 11) is 0. The van der Waals surface area contributed by atoms with Crippen LogP contribution in [0.3, 0.4) is 0 Å². The lowest BCUT2D eigenvalue weighted by molar-refractivity contribution is -0.136. The van der Waals surface area contributed by atoms with Crippen molar-refractivity contribution < 1.29 is 28.6 Å². The van der Waals surface area contributed by atoms with Gasteiger partial charge in [-0.3, -0.25) is 19.1 Å². The van der Waals surface area contributed by atoms with Crippen LogP contribution in [-0.4, -0.2) is 58.5 Å². The number of hydrogen-bond donors (Lipinski definition) is 3. The second-order valence-electron chi connectivity index (χ2n) is 11.2. The van der Waals surface area contributed by atoms with Gasteiger partial charge in [-0.15, -0.1) is 0 Å². The number of nitrogens with one attached hydrogen (secondary N) is 2. The number of carbonyl (C=O) groups is 3. The maximum absolute atomic E-state index is 13.8. The number of piperidine rings is 1. The highest BCUT2D eigenvalue weighted by Gasteiger charge is 2.24. The number of amides is 2. The van der Waals surface area contributed by atoms with Gasteiger partial charge < -0.3 is 25.4 Å². The molecule has 1 aromatic heterocycles. The van der Waals surface area contributed by atoms with Crippen molar-refractivity contribution in [2.24, 2.45) is 0 Å². The fourth-order valence-corrected chi connectivity index (χ4v) is 5.97. The molecular weight excluding hydrogens is 565 g/mol. The molecule has 2 aliphatic heterocycles. The molecule has 6 rings (SSSR count). The van der Waals surface area contributed by atoms with Gasteiger partial charge in [-0.05, 0) is 80.1 Å². The van der Waals surface area contributed by atoms with Gasteiger partial charge in [0, 0.05) is 36.3 Å². The minimum atomic E-state index is -1.15. The van der Waals surface area contributed by atoms with Gasteiger partial charge in [0.15, 0.2) is 5.69 Å². The number of aliphatic carboxylic acids is 1. The first kappa shape index (κ1) is 29.3. The predicted octanol–water partition coefficient (Wildman–Crippen LogP) is 5.48. The van der Waals surface area contributed by atoms with E-state index in [1.807, 2.05) is 35.0 Å². The number of carboxylic acids is 1. The lowest BCUT2D eigenvalue weighted by Gasteiger charge is -2.30. The fraction of sp³-hybridized carbons (Fsp3) is 0.333. The summed E-state index contributed by atoms with van der Waals surface area (Å²) >= 11 is 0. The van der Waals surface area contributed by atoms with Crippen molar-refractivity contribution in [3.8, 4) is 0 Å². The Morgan fingerprint density at radius 3 is 2.50 bits per heavy atom. The van der Waals surface area contributed by atoms with Crippen LogP contribution in [0.1, 0.15) is 58.5 Å². The molecule has 0 unspecified atom stereocenters. The summed E-state index contributed by atoms with van der Waals surface area (Å²) < 4.78 is 21.5. The molecule has 2 amide bonds. The summed E-state index contributed by atoms with van der Waals surface area (Å²) in [5, 5.41) is 20.4. The number of ether oxygens (including phenoxy) is 1. The van der Waals surface area contributed by atoms with Crippen LogP contribution >= 0.6 is 0 Å². The molecule has 228 valence electrons. The maximum Gasteiger partial charge on any atom is 0.307 e. The molecule has 1 atom stereocenters. The average Bonchev–Trinajstić information content (AvgIpc) is 3.67. The van der Waals surface area contributed by atoms with Gasteiger partial charge in [-0.25, -0.2) is 4.39 Å². The molecule has 0 saturated carbocycles. The molecule has 0 spiro atoms. The Morgan fingerprint density at radius 1 is 0.932 bits per heavy atom. The number of para-hydroxylation sites is 1. The zero-order valence-corrected chi connectivity index (χ0v) is 24.2. The van der Waals surface area contributed by atoms with Gasteiger partial charge in [-0.1, -0.05) is 18.2 Å². The summed E-state index contributed by atoms with van der Waals surface area (Å²) in [4.78, 5) is 40.7. The zero-order valence-electron chi connectivity index (χ0n) is 24.2. The minimum absolute atomic E-state index is 0.0484. The molecular formula is C33H34FN5O5. The molecule has 3 aromatic carbocycles. The minimum Gasteiger partial charge on any atom is -0.481 e. The van der Waals surface area contributed by atoms with Crippen LogP contribution in [-0.2, 0) is 22.5 Å². The van der Waals surface area contributed by atoms with Crippen LogP contribution in [0.2, 0.25) is 0 Å². The molecule has 0 aliphatic carbocycles. The molecule has 4 aromatic rings. The third-order valence-corrected chi connectivity index (χ3v) is 8.13. The molecule has 3 heterocycles. The molecule has 2 fully saturated rings. The molecule has 2 saturated heterocycles. The van der Waals surface area contributed by atoms with Gasteiger partial charge in [-0.2, -0.15) is 5.10 Å². The quantitative estimate of drug-likeness (QED) is 0.233. The Bertz CT molecular complexity index is 1710. The van der Waals surface area contributed by atoms with E-state index in [0.29, 0.717) is 12.2 Å². The third kappa shape index (κ3) is 6.42. The van der Waals surface area contributed by atoms with Gasteiger partial charge in [0.25, 0.3) is 11.8 Å². The van der Waals surface area contributed by atoms with Crippen molar-refractivity contribution in [1.82, 2.24) is 9.78 Å². The Morgan fingerprint density at radius 2 is 1.73 bits per heavy atom. The highest BCUT2D eigenvalue weighted by atomic mass is 19.1. The van der Waals surface area contributed by atoms with Gasteiger partial charge in [0.1, 0.15) is 5.82 Å². The van der Waals surface area contributed by atoms with Crippen molar-refractivity contribution >= 4 is 45.7 Å². The molecule has 0 radical (unpaired) electrons. The van der Waals surface area contributed by atoms with E-state index in [9.17, 15) is 23.9 Å². The number of nitrogens with zero attached hydrogens (tertiary/aromatic N) is 3. The van der Waals surface area contributed by atoms with Crippen LogP contribution in [0.25, 0.3) is 10.9 Å². The van der Waals surface area contributed by atoms with Gasteiger partial charge >= 0.3 is 5.97 Å². The van der Waals surface area contributed by atoms with Crippen LogP contribution in [0.5, 0.6) is 0 Å². The maximum atomic E-state index is 13.8. The number of anilines is 3. The highest BCUT2D eigenvalue weighted by molar-refractivity contribution is 6.13. The highest BCUT2D eigenvalue weighted by Crippen LogP contribution is 2.32. The van der Waals surface area contributed by atoms with Crippen LogP contribution in [0.4, 0.5) is 21.5 Å². The summed E-state index contributed by atoms with van der Waals surface area (Å²) in [5.41, 5.74) is 2.98. The molecule has 3 N–H and O–H groups in total. The van der Waals surface area contributed by atoms with Gasteiger partial charge in [0.05, 0.1) is 36.0 Å². The number of fused-ring (bicyclic) bond motifs is 1. The van der Waals surface area contributed by atoms with E-state index in [2.05, 4.69) is 15.5 Å². The first-order valence-corrected chi connectivity index (χ1v) is 14.9. The number of hydrogen-bond acceptors (Lipinski definition) is 6. The van der Waals surface area contributed by atoms with E-state index >= 15 is 0 Å². The molecule has 10 nitrogen and oxygen atoms in total. The standard InChI is InChI=1S/C33H34FN5O5/c34-23-11-12-26(22(17-23)19-30(40)41)35-32(42)21-10-13-29(38-14-4-1-5-15-38)27(18-21)36-33(43)31-25-8-2-3-9-28(25)39(37-31)20-24-7-6-16-44-24/h2-3,8-13,17-18,24H,1,4-7,14-16,19-20H2,(H,35,42)(H,36,43)(H,40,41)/t24-/m1/s1. The second-order valence-corrected chi connectivity index (χ2v) is 11.2. The zero-order chi connectivity index (χ0) is 30.6. The number of benzene rings is 3. The Hall–Kier alpha value is -4.77. The second kappa shape index (κ2) is 12.8. The first-order chi connectivity index (χ1) is 21.4. The summed E-state index contributed by atoms with van der Waals surface area (Å²) in [6, 6.07) is 16.3. The van der Waals surface area contributed by atoms with Crippen molar-refractivity contribution in [2.45, 2.75) is 51.2 Å². The predicted molar refractivity (Wildman–Crippen MR) is 165 cm³/mol. The van der Waals surface area contributed by atoms with Crippen molar-refractivity contribution in [2.75, 3.05) is 35.2 Å². The van der Waals surface area contributed by atoms with Crippen LogP contribution in [0.15, 0.2) is 60.7 Å². The molecule has 2 aliphatic rings. The number of carbonyl (C=O) groups excluding carboxylic acids is 2. The Labute approximate surface area is 253 Å². The monoisotopic (exact) mass is 599 g/mol. The normalized spacial score (nSPS) is 16.7.